The Labute approximate surface area is 145 Å². The standard InChI is InChI=1S/C19H31N3O2/c1-18(2,3)24-17(23)22-13-14(12-19(22,4)5)6-7-16(20)15-8-10-21-11-9-15/h8-11,14,16H,6-7,12-13,20H2,1-5H3. The summed E-state index contributed by atoms with van der Waals surface area (Å²) in [7, 11) is 0. The monoisotopic (exact) mass is 333 g/mol. The number of carbonyl (C=O) groups is 1. The minimum Gasteiger partial charge on any atom is -0.444 e. The molecule has 5 nitrogen and oxygen atoms in total. The van der Waals surface area contributed by atoms with Gasteiger partial charge in [-0.05, 0) is 77.5 Å². The van der Waals surface area contributed by atoms with Gasteiger partial charge >= 0.3 is 6.09 Å². The molecule has 2 atom stereocenters. The fourth-order valence-corrected chi connectivity index (χ4v) is 3.41. The van der Waals surface area contributed by atoms with Gasteiger partial charge in [-0.1, -0.05) is 0 Å². The summed E-state index contributed by atoms with van der Waals surface area (Å²) < 4.78 is 5.56. The van der Waals surface area contributed by atoms with Crippen LogP contribution in [-0.2, 0) is 4.74 Å². The van der Waals surface area contributed by atoms with Crippen LogP contribution in [0, 0.1) is 5.92 Å². The lowest BCUT2D eigenvalue weighted by Crippen LogP contribution is -2.45. The molecule has 1 saturated heterocycles. The van der Waals surface area contributed by atoms with Crippen LogP contribution in [0.15, 0.2) is 24.5 Å². The predicted molar refractivity (Wildman–Crippen MR) is 95.5 cm³/mol. The first-order valence-electron chi connectivity index (χ1n) is 8.74. The van der Waals surface area contributed by atoms with Crippen molar-refractivity contribution in [2.45, 2.75) is 71.1 Å². The SMILES string of the molecule is CC(C)(C)OC(=O)N1CC(CCC(N)c2ccncc2)CC1(C)C. The van der Waals surface area contributed by atoms with Gasteiger partial charge in [-0.2, -0.15) is 0 Å². The van der Waals surface area contributed by atoms with Crippen LogP contribution in [0.25, 0.3) is 0 Å². The second-order valence-electron chi connectivity index (χ2n) is 8.44. The molecule has 1 amide bonds. The Morgan fingerprint density at radius 1 is 1.42 bits per heavy atom. The first kappa shape index (κ1) is 18.7. The number of carbonyl (C=O) groups excluding carboxylic acids is 1. The van der Waals surface area contributed by atoms with Crippen molar-refractivity contribution in [2.24, 2.45) is 11.7 Å². The van der Waals surface area contributed by atoms with Crippen molar-refractivity contribution in [1.29, 1.82) is 0 Å². The molecular formula is C19H31N3O2. The molecule has 1 aromatic rings. The van der Waals surface area contributed by atoms with Gasteiger partial charge in [0.2, 0.25) is 0 Å². The average molecular weight is 333 g/mol. The van der Waals surface area contributed by atoms with Crippen molar-refractivity contribution in [3.8, 4) is 0 Å². The highest BCUT2D eigenvalue weighted by Crippen LogP contribution is 2.37. The van der Waals surface area contributed by atoms with Crippen molar-refractivity contribution in [3.05, 3.63) is 30.1 Å². The molecule has 1 aliphatic heterocycles. The van der Waals surface area contributed by atoms with Gasteiger partial charge in [0.25, 0.3) is 0 Å². The number of ether oxygens (including phenoxy) is 1. The van der Waals surface area contributed by atoms with Crippen LogP contribution in [0.1, 0.15) is 65.5 Å². The fourth-order valence-electron chi connectivity index (χ4n) is 3.41. The zero-order chi connectivity index (χ0) is 18.0. The maximum Gasteiger partial charge on any atom is 0.410 e. The normalized spacial score (nSPS) is 21.6. The molecule has 2 N–H and O–H groups in total. The third-order valence-corrected chi connectivity index (χ3v) is 4.59. The third kappa shape index (κ3) is 4.94. The first-order valence-corrected chi connectivity index (χ1v) is 8.74. The molecule has 5 heteroatoms. The highest BCUT2D eigenvalue weighted by atomic mass is 16.6. The largest absolute Gasteiger partial charge is 0.444 e. The topological polar surface area (TPSA) is 68.5 Å². The second-order valence-corrected chi connectivity index (χ2v) is 8.44. The van der Waals surface area contributed by atoms with Crippen LogP contribution in [0.5, 0.6) is 0 Å². The lowest BCUT2D eigenvalue weighted by molar-refractivity contribution is 0.0131. The van der Waals surface area contributed by atoms with Gasteiger partial charge < -0.3 is 15.4 Å². The van der Waals surface area contributed by atoms with Crippen LogP contribution < -0.4 is 5.73 Å². The zero-order valence-corrected chi connectivity index (χ0v) is 15.6. The van der Waals surface area contributed by atoms with Crippen LogP contribution in [0.2, 0.25) is 0 Å². The highest BCUT2D eigenvalue weighted by Gasteiger charge is 2.42. The van der Waals surface area contributed by atoms with Crippen molar-refractivity contribution in [1.82, 2.24) is 9.88 Å². The molecule has 2 unspecified atom stereocenters. The van der Waals surface area contributed by atoms with Gasteiger partial charge in [-0.3, -0.25) is 4.98 Å². The molecule has 0 saturated carbocycles. The van der Waals surface area contributed by atoms with Gasteiger partial charge in [0.15, 0.2) is 0 Å². The summed E-state index contributed by atoms with van der Waals surface area (Å²) in [5.74, 6) is 0.459. The van der Waals surface area contributed by atoms with Crippen LogP contribution in [-0.4, -0.2) is 33.7 Å². The number of hydrogen-bond donors (Lipinski definition) is 1. The number of hydrogen-bond acceptors (Lipinski definition) is 4. The van der Waals surface area contributed by atoms with Crippen molar-refractivity contribution < 1.29 is 9.53 Å². The molecule has 0 aliphatic carbocycles. The van der Waals surface area contributed by atoms with E-state index in [-0.39, 0.29) is 17.7 Å². The lowest BCUT2D eigenvalue weighted by atomic mass is 9.91. The Bertz CT molecular complexity index is 551. The van der Waals surface area contributed by atoms with Crippen molar-refractivity contribution in [2.75, 3.05) is 6.54 Å². The summed E-state index contributed by atoms with van der Waals surface area (Å²) in [5.41, 5.74) is 6.77. The Morgan fingerprint density at radius 2 is 2.04 bits per heavy atom. The molecule has 1 aliphatic rings. The molecule has 134 valence electrons. The van der Waals surface area contributed by atoms with E-state index < -0.39 is 5.60 Å². The Balaban J connectivity index is 1.91. The molecule has 0 bridgehead atoms. The molecule has 2 rings (SSSR count). The number of nitrogens with zero attached hydrogens (tertiary/aromatic N) is 2. The summed E-state index contributed by atoms with van der Waals surface area (Å²) in [6, 6.07) is 3.96. The average Bonchev–Trinajstić information content (AvgIpc) is 2.79. The quantitative estimate of drug-likeness (QED) is 0.907. The zero-order valence-electron chi connectivity index (χ0n) is 15.6. The molecule has 1 fully saturated rings. The van der Waals surface area contributed by atoms with E-state index in [1.807, 2.05) is 37.8 Å². The summed E-state index contributed by atoms with van der Waals surface area (Å²) in [5, 5.41) is 0. The van der Waals surface area contributed by atoms with Crippen molar-refractivity contribution >= 4 is 6.09 Å². The maximum absolute atomic E-state index is 12.5. The lowest BCUT2D eigenvalue weighted by Gasteiger charge is -2.33. The minimum absolute atomic E-state index is 0.0201. The van der Waals surface area contributed by atoms with Gasteiger partial charge in [0.05, 0.1) is 0 Å². The van der Waals surface area contributed by atoms with E-state index in [4.69, 9.17) is 10.5 Å². The third-order valence-electron chi connectivity index (χ3n) is 4.59. The van der Waals surface area contributed by atoms with E-state index >= 15 is 0 Å². The number of likely N-dealkylation sites (tertiary alicyclic amines) is 1. The van der Waals surface area contributed by atoms with Crippen LogP contribution in [0.4, 0.5) is 4.79 Å². The summed E-state index contributed by atoms with van der Waals surface area (Å²) in [6.45, 7) is 10.7. The second kappa shape index (κ2) is 7.09. The maximum atomic E-state index is 12.5. The van der Waals surface area contributed by atoms with Gasteiger partial charge in [0.1, 0.15) is 5.60 Å². The molecular weight excluding hydrogens is 302 g/mol. The fraction of sp³-hybridized carbons (Fsp3) is 0.684. The molecule has 1 aromatic heterocycles. The van der Waals surface area contributed by atoms with E-state index in [9.17, 15) is 4.79 Å². The van der Waals surface area contributed by atoms with Crippen LogP contribution in [0.3, 0.4) is 0 Å². The molecule has 24 heavy (non-hydrogen) atoms. The number of nitrogens with two attached hydrogens (primary N) is 1. The molecule has 0 aromatic carbocycles. The van der Waals surface area contributed by atoms with Crippen molar-refractivity contribution in [3.63, 3.8) is 0 Å². The number of rotatable bonds is 4. The minimum atomic E-state index is -0.463. The van der Waals surface area contributed by atoms with E-state index in [0.717, 1.165) is 31.4 Å². The van der Waals surface area contributed by atoms with E-state index in [1.165, 1.54) is 0 Å². The van der Waals surface area contributed by atoms with Gasteiger partial charge in [-0.25, -0.2) is 4.79 Å². The summed E-state index contributed by atoms with van der Waals surface area (Å²) >= 11 is 0. The van der Waals surface area contributed by atoms with E-state index in [0.29, 0.717) is 5.92 Å². The summed E-state index contributed by atoms with van der Waals surface area (Å²) in [4.78, 5) is 18.4. The number of aromatic nitrogens is 1. The van der Waals surface area contributed by atoms with E-state index in [1.54, 1.807) is 12.4 Å². The van der Waals surface area contributed by atoms with Crippen LogP contribution >= 0.6 is 0 Å². The first-order chi connectivity index (χ1) is 11.1. The summed E-state index contributed by atoms with van der Waals surface area (Å²) in [6.07, 6.45) is 6.23. The van der Waals surface area contributed by atoms with Gasteiger partial charge in [-0.15, -0.1) is 0 Å². The Kier molecular flexibility index (Phi) is 5.53. The Hall–Kier alpha value is -1.62. The Morgan fingerprint density at radius 3 is 2.62 bits per heavy atom. The smallest absolute Gasteiger partial charge is 0.410 e. The van der Waals surface area contributed by atoms with Gasteiger partial charge in [0, 0.05) is 30.5 Å². The number of pyridine rings is 1. The predicted octanol–water partition coefficient (Wildman–Crippen LogP) is 3.90. The molecule has 2 heterocycles. The number of amides is 1. The molecule has 0 radical (unpaired) electrons. The molecule has 0 spiro atoms. The highest BCUT2D eigenvalue weighted by molar-refractivity contribution is 5.69. The van der Waals surface area contributed by atoms with E-state index in [2.05, 4.69) is 18.8 Å².